The highest BCUT2D eigenvalue weighted by molar-refractivity contribution is 5.75. The highest BCUT2D eigenvalue weighted by Gasteiger charge is 2.17. The standard InChI is InChI=1S/C10H17N3O2/c1-8-2-4-9(5-3-8)12-7-10(6-11)13(14)15/h6-9H,2-5,11H2,1H3. The van der Waals surface area contributed by atoms with E-state index in [2.05, 4.69) is 11.9 Å². The minimum Gasteiger partial charge on any atom is -0.399 e. The number of rotatable bonds is 3. The van der Waals surface area contributed by atoms with Crippen molar-refractivity contribution in [2.75, 3.05) is 0 Å². The van der Waals surface area contributed by atoms with Crippen molar-refractivity contribution in [1.82, 2.24) is 0 Å². The van der Waals surface area contributed by atoms with Crippen molar-refractivity contribution in [2.24, 2.45) is 16.6 Å². The first-order chi connectivity index (χ1) is 7.13. The van der Waals surface area contributed by atoms with Crippen LogP contribution in [0.5, 0.6) is 0 Å². The zero-order valence-corrected chi connectivity index (χ0v) is 8.93. The summed E-state index contributed by atoms with van der Waals surface area (Å²) in [5, 5.41) is 10.4. The van der Waals surface area contributed by atoms with Gasteiger partial charge in [0.1, 0.15) is 6.21 Å². The van der Waals surface area contributed by atoms with E-state index in [1.54, 1.807) is 0 Å². The predicted molar refractivity (Wildman–Crippen MR) is 59.2 cm³/mol. The van der Waals surface area contributed by atoms with Crippen molar-refractivity contribution < 1.29 is 4.92 Å². The fourth-order valence-corrected chi connectivity index (χ4v) is 1.72. The second kappa shape index (κ2) is 5.48. The molecule has 15 heavy (non-hydrogen) atoms. The summed E-state index contributed by atoms with van der Waals surface area (Å²) in [7, 11) is 0. The molecular weight excluding hydrogens is 194 g/mol. The molecule has 1 aliphatic rings. The molecule has 1 rings (SSSR count). The van der Waals surface area contributed by atoms with Gasteiger partial charge in [0.05, 0.1) is 17.2 Å². The molecule has 1 saturated carbocycles. The fraction of sp³-hybridized carbons (Fsp3) is 0.700. The van der Waals surface area contributed by atoms with Crippen LogP contribution in [0, 0.1) is 16.0 Å². The summed E-state index contributed by atoms with van der Waals surface area (Å²) in [6.45, 7) is 2.22. The summed E-state index contributed by atoms with van der Waals surface area (Å²) in [4.78, 5) is 14.1. The minimum atomic E-state index is -0.519. The first-order valence-corrected chi connectivity index (χ1v) is 5.23. The average Bonchev–Trinajstić information content (AvgIpc) is 2.21. The largest absolute Gasteiger partial charge is 0.399 e. The van der Waals surface area contributed by atoms with Crippen LogP contribution in [0.2, 0.25) is 0 Å². The SMILES string of the molecule is CC1CCC(N=CC(=CN)[N+](=O)[O-])CC1. The maximum atomic E-state index is 10.4. The van der Waals surface area contributed by atoms with Gasteiger partial charge in [-0.25, -0.2) is 0 Å². The van der Waals surface area contributed by atoms with E-state index in [0.29, 0.717) is 0 Å². The zero-order chi connectivity index (χ0) is 11.3. The lowest BCUT2D eigenvalue weighted by Gasteiger charge is -2.22. The maximum Gasteiger partial charge on any atom is 0.302 e. The summed E-state index contributed by atoms with van der Waals surface area (Å²) < 4.78 is 0. The molecule has 0 aromatic rings. The van der Waals surface area contributed by atoms with Gasteiger partial charge in [-0.15, -0.1) is 0 Å². The molecule has 0 bridgehead atoms. The lowest BCUT2D eigenvalue weighted by Crippen LogP contribution is -2.16. The van der Waals surface area contributed by atoms with Gasteiger partial charge in [-0.3, -0.25) is 15.1 Å². The van der Waals surface area contributed by atoms with Crippen molar-refractivity contribution >= 4 is 6.21 Å². The Bertz CT molecular complexity index is 278. The van der Waals surface area contributed by atoms with Gasteiger partial charge < -0.3 is 5.73 Å². The summed E-state index contributed by atoms with van der Waals surface area (Å²) in [5.74, 6) is 0.761. The molecule has 1 fully saturated rings. The quantitative estimate of drug-likeness (QED) is 0.438. The third-order valence-corrected chi connectivity index (χ3v) is 2.78. The van der Waals surface area contributed by atoms with E-state index in [9.17, 15) is 10.1 Å². The van der Waals surface area contributed by atoms with Crippen LogP contribution in [-0.2, 0) is 0 Å². The van der Waals surface area contributed by atoms with Crippen LogP contribution < -0.4 is 5.73 Å². The van der Waals surface area contributed by atoms with Crippen LogP contribution in [0.1, 0.15) is 32.6 Å². The van der Waals surface area contributed by atoms with E-state index >= 15 is 0 Å². The van der Waals surface area contributed by atoms with Crippen molar-refractivity contribution in [2.45, 2.75) is 38.6 Å². The van der Waals surface area contributed by atoms with Gasteiger partial charge >= 0.3 is 5.70 Å². The molecule has 0 aromatic carbocycles. The Hall–Kier alpha value is -1.39. The van der Waals surface area contributed by atoms with Crippen LogP contribution in [0.25, 0.3) is 0 Å². The lowest BCUT2D eigenvalue weighted by atomic mass is 9.88. The van der Waals surface area contributed by atoms with Gasteiger partial charge in [-0.2, -0.15) is 0 Å². The number of hydrogen-bond acceptors (Lipinski definition) is 4. The van der Waals surface area contributed by atoms with E-state index < -0.39 is 4.92 Å². The second-order valence-corrected chi connectivity index (χ2v) is 4.04. The zero-order valence-electron chi connectivity index (χ0n) is 8.93. The van der Waals surface area contributed by atoms with E-state index in [-0.39, 0.29) is 11.7 Å². The molecule has 0 aliphatic heterocycles. The number of nitro groups is 1. The molecule has 84 valence electrons. The Morgan fingerprint density at radius 3 is 2.53 bits per heavy atom. The number of hydrogen-bond donors (Lipinski definition) is 1. The van der Waals surface area contributed by atoms with E-state index in [4.69, 9.17) is 5.73 Å². The molecule has 0 radical (unpaired) electrons. The summed E-state index contributed by atoms with van der Waals surface area (Å²) in [6, 6.07) is 0.232. The first kappa shape index (κ1) is 11.7. The fourth-order valence-electron chi connectivity index (χ4n) is 1.72. The number of nitrogens with zero attached hydrogens (tertiary/aromatic N) is 2. The van der Waals surface area contributed by atoms with E-state index in [1.165, 1.54) is 6.21 Å². The molecule has 1 aliphatic carbocycles. The Kier molecular flexibility index (Phi) is 4.27. The van der Waals surface area contributed by atoms with Crippen molar-refractivity contribution in [3.05, 3.63) is 22.0 Å². The van der Waals surface area contributed by atoms with Gasteiger partial charge in [-0.05, 0) is 31.6 Å². The molecule has 5 heteroatoms. The monoisotopic (exact) mass is 211 g/mol. The van der Waals surface area contributed by atoms with Crippen LogP contribution in [-0.4, -0.2) is 17.2 Å². The molecule has 0 heterocycles. The molecule has 0 aromatic heterocycles. The lowest BCUT2D eigenvalue weighted by molar-refractivity contribution is -0.414. The van der Waals surface area contributed by atoms with Gasteiger partial charge in [0.15, 0.2) is 0 Å². The normalized spacial score (nSPS) is 28.2. The highest BCUT2D eigenvalue weighted by Crippen LogP contribution is 2.25. The molecule has 2 N–H and O–H groups in total. The molecule has 0 spiro atoms. The second-order valence-electron chi connectivity index (χ2n) is 4.04. The summed E-state index contributed by atoms with van der Waals surface area (Å²) >= 11 is 0. The van der Waals surface area contributed by atoms with E-state index in [0.717, 1.165) is 37.8 Å². The van der Waals surface area contributed by atoms with Crippen LogP contribution in [0.3, 0.4) is 0 Å². The number of aliphatic imine (C=N–C) groups is 1. The van der Waals surface area contributed by atoms with Gasteiger partial charge in [-0.1, -0.05) is 6.92 Å². The Morgan fingerprint density at radius 2 is 2.07 bits per heavy atom. The average molecular weight is 211 g/mol. The maximum absolute atomic E-state index is 10.4. The van der Waals surface area contributed by atoms with Gasteiger partial charge in [0.25, 0.3) is 0 Å². The topological polar surface area (TPSA) is 81.5 Å². The molecule has 5 nitrogen and oxygen atoms in total. The smallest absolute Gasteiger partial charge is 0.302 e. The number of nitrogens with two attached hydrogens (primary N) is 1. The summed E-state index contributed by atoms with van der Waals surface area (Å²) in [6.07, 6.45) is 6.61. The van der Waals surface area contributed by atoms with Crippen molar-refractivity contribution in [1.29, 1.82) is 0 Å². The highest BCUT2D eigenvalue weighted by atomic mass is 16.6. The summed E-state index contributed by atoms with van der Waals surface area (Å²) in [5.41, 5.74) is 4.99. The molecular formula is C10H17N3O2. The van der Waals surface area contributed by atoms with Crippen LogP contribution >= 0.6 is 0 Å². The molecule has 0 amide bonds. The third kappa shape index (κ3) is 3.69. The first-order valence-electron chi connectivity index (χ1n) is 5.23. The molecule has 0 atom stereocenters. The Balaban J connectivity index is 2.47. The molecule has 0 unspecified atom stereocenters. The third-order valence-electron chi connectivity index (χ3n) is 2.78. The van der Waals surface area contributed by atoms with Crippen molar-refractivity contribution in [3.8, 4) is 0 Å². The van der Waals surface area contributed by atoms with Gasteiger partial charge in [0.2, 0.25) is 0 Å². The van der Waals surface area contributed by atoms with Crippen molar-refractivity contribution in [3.63, 3.8) is 0 Å². The van der Waals surface area contributed by atoms with Crippen LogP contribution in [0.15, 0.2) is 16.9 Å². The van der Waals surface area contributed by atoms with Gasteiger partial charge in [0, 0.05) is 0 Å². The minimum absolute atomic E-state index is 0.131. The predicted octanol–water partition coefficient (Wildman–Crippen LogP) is 1.71. The Morgan fingerprint density at radius 1 is 1.47 bits per heavy atom. The van der Waals surface area contributed by atoms with E-state index in [1.807, 2.05) is 0 Å². The Labute approximate surface area is 89.2 Å². The molecule has 0 saturated heterocycles. The number of allylic oxidation sites excluding steroid dienone is 1. The van der Waals surface area contributed by atoms with Crippen LogP contribution in [0.4, 0.5) is 0 Å².